The van der Waals surface area contributed by atoms with Crippen molar-refractivity contribution < 1.29 is 33.4 Å². The van der Waals surface area contributed by atoms with Crippen LogP contribution in [-0.4, -0.2) is 72.3 Å². The highest BCUT2D eigenvalue weighted by Gasteiger charge is 2.35. The molecule has 4 aromatic rings. The Hall–Kier alpha value is -6.64. The number of amides is 2. The molecule has 1 fully saturated rings. The number of carbonyl (C=O) groups is 3. The predicted molar refractivity (Wildman–Crippen MR) is 301 cm³/mol. The van der Waals surface area contributed by atoms with Gasteiger partial charge in [-0.3, -0.25) is 14.9 Å². The third kappa shape index (κ3) is 11.8. The average Bonchev–Trinajstić information content (AvgIpc) is 3.70. The van der Waals surface area contributed by atoms with Crippen LogP contribution in [0.4, 0.5) is 16.2 Å². The number of thioether (sulfide) groups is 1. The number of nitrogens with one attached hydrogen (secondary N) is 3. The van der Waals surface area contributed by atoms with Gasteiger partial charge in [-0.1, -0.05) is 31.0 Å². The van der Waals surface area contributed by atoms with E-state index in [1.165, 1.54) is 27.8 Å². The van der Waals surface area contributed by atoms with Crippen molar-refractivity contribution in [1.82, 2.24) is 15.2 Å². The maximum Gasteiger partial charge on any atom is 0.336 e. The lowest BCUT2D eigenvalue weighted by molar-refractivity contribution is -0.115. The number of rotatable bonds is 19. The number of hydrogen-bond acceptors (Lipinski definition) is 9. The monoisotopic (exact) mass is 1020 g/mol. The molecule has 1 saturated heterocycles. The molecule has 4 aliphatic rings. The number of hydrogen-bond donors (Lipinski definition) is 4. The quantitative estimate of drug-likeness (QED) is 0.0201. The van der Waals surface area contributed by atoms with E-state index in [9.17, 15) is 19.5 Å². The third-order valence-electron chi connectivity index (χ3n) is 14.5. The lowest BCUT2D eigenvalue weighted by Crippen LogP contribution is -2.42. The van der Waals surface area contributed by atoms with Gasteiger partial charge in [0.25, 0.3) is 11.1 Å². The van der Waals surface area contributed by atoms with Gasteiger partial charge in [0, 0.05) is 59.7 Å². The largest absolute Gasteiger partial charge is 0.489 e. The fourth-order valence-corrected chi connectivity index (χ4v) is 11.1. The molecule has 1 unspecified atom stereocenters. The van der Waals surface area contributed by atoms with E-state index in [-0.39, 0.29) is 16.7 Å². The maximum atomic E-state index is 13.1. The van der Waals surface area contributed by atoms with Crippen LogP contribution in [-0.2, 0) is 17.6 Å². The summed E-state index contributed by atoms with van der Waals surface area (Å²) in [7, 11) is 0. The summed E-state index contributed by atoms with van der Waals surface area (Å²) in [5.74, 6) is 0.991. The number of unbranched alkanes of at least 4 members (excludes halogenated alkanes) is 3. The minimum absolute atomic E-state index is 0.172. The topological polar surface area (TPSA) is 145 Å². The summed E-state index contributed by atoms with van der Waals surface area (Å²) in [5, 5.41) is 21.5. The molecule has 3 aliphatic heterocycles. The van der Waals surface area contributed by atoms with E-state index in [0.29, 0.717) is 51.5 Å². The molecule has 12 nitrogen and oxygen atoms in total. The van der Waals surface area contributed by atoms with Crippen molar-refractivity contribution in [2.45, 2.75) is 106 Å². The van der Waals surface area contributed by atoms with Gasteiger partial charge >= 0.3 is 5.97 Å². The summed E-state index contributed by atoms with van der Waals surface area (Å²) in [5.41, 5.74) is 11.6. The third-order valence-corrected chi connectivity index (χ3v) is 15.6. The lowest BCUT2D eigenvalue weighted by atomic mass is 9.84. The molecule has 4 aromatic carbocycles. The van der Waals surface area contributed by atoms with Gasteiger partial charge in [0.15, 0.2) is 5.11 Å². The van der Waals surface area contributed by atoms with E-state index in [0.717, 1.165) is 122 Å². The summed E-state index contributed by atoms with van der Waals surface area (Å²) < 4.78 is 21.9. The van der Waals surface area contributed by atoms with Crippen molar-refractivity contribution in [1.29, 1.82) is 0 Å². The number of carboxylic acid groups (broad SMARTS) is 1. The van der Waals surface area contributed by atoms with Crippen LogP contribution in [0.5, 0.6) is 11.5 Å². The molecule has 4 N–H and O–H groups in total. The fourth-order valence-electron chi connectivity index (χ4n) is 10.2. The van der Waals surface area contributed by atoms with E-state index < -0.39 is 11.6 Å². The molecule has 14 heteroatoms. The smallest absolute Gasteiger partial charge is 0.336 e. The molecule has 3 heterocycles. The standard InChI is InChI=1S/C59H67N5O7S2/c1-9-63(10-2)41-21-26-47-50(33-41)70-51-34-42(64(11-3)12-4)22-27-48(51)53(47)46-25-20-40(32-49(46)56(66)67)61-57(72)60-30-16-14-13-15-17-44-36(5)37(6)54-45(38(44)7)28-29-59(8,71-54)35-69-43-23-18-39(19-24-43)31-52-55(65)62-58(68)73-52/h18-27,31-34H,9-17,28-30,35H2,1-8H3,(H3,60,62,65,66,67,68,72)/p+1/b52-31-. The number of carboxylic acids is 1. The first-order valence-corrected chi connectivity index (χ1v) is 26.9. The average molecular weight is 1020 g/mol. The molecule has 382 valence electrons. The molecule has 0 radical (unpaired) electrons. The number of thiocarbonyl (C=S) groups is 1. The van der Waals surface area contributed by atoms with E-state index in [1.807, 2.05) is 48.5 Å². The molecule has 0 bridgehead atoms. The van der Waals surface area contributed by atoms with Gasteiger partial charge in [-0.05, 0) is 199 Å². The van der Waals surface area contributed by atoms with Gasteiger partial charge in [-0.15, -0.1) is 0 Å². The van der Waals surface area contributed by atoms with E-state index in [1.54, 1.807) is 12.1 Å². The number of anilines is 2. The summed E-state index contributed by atoms with van der Waals surface area (Å²) in [6.07, 6.45) is 8.61. The number of nitrogens with zero attached hydrogens (tertiary/aromatic N) is 2. The summed E-state index contributed by atoms with van der Waals surface area (Å²) in [4.78, 5) is 39.2. The van der Waals surface area contributed by atoms with Crippen LogP contribution in [0.15, 0.2) is 88.2 Å². The molecule has 0 saturated carbocycles. The van der Waals surface area contributed by atoms with Crippen LogP contribution >= 0.6 is 24.0 Å². The second-order valence-corrected chi connectivity index (χ2v) is 20.6. The first-order chi connectivity index (χ1) is 35.1. The van der Waals surface area contributed by atoms with Crippen LogP contribution in [0.1, 0.15) is 110 Å². The molecule has 8 rings (SSSR count). The summed E-state index contributed by atoms with van der Waals surface area (Å²) in [6, 6.07) is 25.3. The number of benzene rings is 5. The molecular weight excluding hydrogens is 955 g/mol. The second kappa shape index (κ2) is 23.1. The summed E-state index contributed by atoms with van der Waals surface area (Å²) in [6.45, 7) is 21.8. The fraction of sp³-hybridized carbons (Fsp3) is 0.373. The number of carbonyl (C=O) groups excluding carboxylic acids is 2. The van der Waals surface area contributed by atoms with Crippen molar-refractivity contribution in [3.8, 4) is 33.9 Å². The zero-order valence-corrected chi connectivity index (χ0v) is 45.0. The Balaban J connectivity index is 0.852. The molecule has 2 amide bonds. The Morgan fingerprint density at radius 3 is 2.34 bits per heavy atom. The number of aromatic carboxylic acids is 1. The first-order valence-electron chi connectivity index (χ1n) is 25.7. The van der Waals surface area contributed by atoms with Gasteiger partial charge < -0.3 is 34.5 Å². The van der Waals surface area contributed by atoms with Crippen molar-refractivity contribution in [2.75, 3.05) is 49.5 Å². The molecule has 73 heavy (non-hydrogen) atoms. The van der Waals surface area contributed by atoms with Gasteiger partial charge in [0.2, 0.25) is 5.36 Å². The van der Waals surface area contributed by atoms with Crippen LogP contribution in [0.25, 0.3) is 39.5 Å². The predicted octanol–water partition coefficient (Wildman–Crippen LogP) is 12.1. The Kier molecular flexibility index (Phi) is 16.6. The number of fused-ring (bicyclic) bond motifs is 3. The van der Waals surface area contributed by atoms with Crippen LogP contribution in [0.3, 0.4) is 0 Å². The van der Waals surface area contributed by atoms with E-state index >= 15 is 0 Å². The minimum atomic E-state index is -1.03. The minimum Gasteiger partial charge on any atom is -0.489 e. The van der Waals surface area contributed by atoms with Crippen molar-refractivity contribution in [2.24, 2.45) is 0 Å². The highest BCUT2D eigenvalue weighted by atomic mass is 32.2. The van der Waals surface area contributed by atoms with Gasteiger partial charge in [-0.2, -0.15) is 0 Å². The van der Waals surface area contributed by atoms with Crippen LogP contribution in [0, 0.1) is 20.8 Å². The molecule has 0 spiro atoms. The number of ether oxygens (including phenoxy) is 2. The maximum absolute atomic E-state index is 13.1. The van der Waals surface area contributed by atoms with Crippen molar-refractivity contribution >= 4 is 74.6 Å². The Bertz CT molecular complexity index is 3150. The van der Waals surface area contributed by atoms with Gasteiger partial charge in [0.1, 0.15) is 48.1 Å². The molecule has 0 aromatic heterocycles. The lowest BCUT2D eigenvalue weighted by Gasteiger charge is -2.38. The molecule has 1 atom stereocenters. The second-order valence-electron chi connectivity index (χ2n) is 19.2. The summed E-state index contributed by atoms with van der Waals surface area (Å²) >= 11 is 6.61. The normalized spacial score (nSPS) is 15.8. The van der Waals surface area contributed by atoms with Crippen LogP contribution in [0.2, 0.25) is 0 Å². The molecule has 1 aliphatic carbocycles. The van der Waals surface area contributed by atoms with Crippen molar-refractivity contribution in [3.05, 3.63) is 128 Å². The Morgan fingerprint density at radius 2 is 1.64 bits per heavy atom. The van der Waals surface area contributed by atoms with E-state index in [4.69, 9.17) is 26.1 Å². The Morgan fingerprint density at radius 1 is 0.904 bits per heavy atom. The Labute approximate surface area is 438 Å². The zero-order valence-electron chi connectivity index (χ0n) is 43.4. The van der Waals surface area contributed by atoms with Crippen LogP contribution < -0.4 is 40.3 Å². The van der Waals surface area contributed by atoms with Gasteiger partial charge in [-0.25, -0.2) is 9.37 Å². The van der Waals surface area contributed by atoms with Gasteiger partial charge in [0.05, 0.1) is 16.5 Å². The highest BCUT2D eigenvalue weighted by molar-refractivity contribution is 8.18. The molecular formula is C59H68N5O7S2+. The van der Waals surface area contributed by atoms with E-state index in [2.05, 4.69) is 105 Å². The SMILES string of the molecule is CCN(CC)c1ccc2c(-c3ccc(NC(=S)NCCCCCCc4c(C)c(C)c5c(c4C)CCC(C)(COc4ccc(/C=C6\SC(=O)NC6=O)cc4)O5)cc3C(=O)O)c3ccc(=[N+](CC)CC)cc-3oc2c1. The first kappa shape index (κ1) is 52.7. The van der Waals surface area contributed by atoms with Crippen molar-refractivity contribution in [3.63, 3.8) is 0 Å². The highest BCUT2D eigenvalue weighted by Crippen LogP contribution is 2.44. The number of imide groups is 1. The zero-order chi connectivity index (χ0) is 52.0.